The summed E-state index contributed by atoms with van der Waals surface area (Å²) in [6.45, 7) is 0. The van der Waals surface area contributed by atoms with Crippen molar-refractivity contribution in [2.75, 3.05) is 11.5 Å². The van der Waals surface area contributed by atoms with Gasteiger partial charge in [-0.25, -0.2) is 14.4 Å². The van der Waals surface area contributed by atoms with Crippen molar-refractivity contribution in [3.63, 3.8) is 0 Å². The molecule has 0 aliphatic heterocycles. The Hall–Kier alpha value is -2.67. The fraction of sp³-hybridized carbons (Fsp3) is 0.333. The molecule has 0 atom stereocenters. The van der Waals surface area contributed by atoms with Crippen molar-refractivity contribution < 1.29 is 9.50 Å². The molecule has 4 rings (SSSR count). The van der Waals surface area contributed by atoms with Gasteiger partial charge in [-0.2, -0.15) is 0 Å². The van der Waals surface area contributed by atoms with Crippen LogP contribution in [0.4, 0.5) is 15.9 Å². The highest BCUT2D eigenvalue weighted by Crippen LogP contribution is 2.39. The SMILES string of the molecule is Nc1ccc(-c2cn(C3CCC(O)CC3)c3ncnc(N)c23)c(F)c1. The number of fused-ring (bicyclic) bond motifs is 1. The molecular formula is C18H20FN5O. The van der Waals surface area contributed by atoms with Crippen LogP contribution in [0.25, 0.3) is 22.2 Å². The third kappa shape index (κ3) is 2.70. The molecule has 1 saturated carbocycles. The van der Waals surface area contributed by atoms with Crippen LogP contribution in [0.5, 0.6) is 0 Å². The van der Waals surface area contributed by atoms with Crippen LogP contribution in [0.2, 0.25) is 0 Å². The van der Waals surface area contributed by atoms with Crippen LogP contribution in [-0.4, -0.2) is 25.7 Å². The minimum atomic E-state index is -0.402. The first-order chi connectivity index (χ1) is 12.0. The zero-order valence-corrected chi connectivity index (χ0v) is 13.7. The van der Waals surface area contributed by atoms with E-state index >= 15 is 0 Å². The van der Waals surface area contributed by atoms with Crippen molar-refractivity contribution in [2.45, 2.75) is 37.8 Å². The van der Waals surface area contributed by atoms with Gasteiger partial charge in [-0.1, -0.05) is 0 Å². The molecule has 130 valence electrons. The minimum absolute atomic E-state index is 0.200. The summed E-state index contributed by atoms with van der Waals surface area (Å²) in [6.07, 6.45) is 6.26. The van der Waals surface area contributed by atoms with Crippen molar-refractivity contribution in [3.8, 4) is 11.1 Å². The van der Waals surface area contributed by atoms with E-state index in [1.54, 1.807) is 12.1 Å². The zero-order chi connectivity index (χ0) is 17.6. The van der Waals surface area contributed by atoms with E-state index < -0.39 is 5.82 Å². The summed E-state index contributed by atoms with van der Waals surface area (Å²) in [7, 11) is 0. The predicted molar refractivity (Wildman–Crippen MR) is 95.3 cm³/mol. The van der Waals surface area contributed by atoms with Crippen molar-refractivity contribution in [2.24, 2.45) is 0 Å². The lowest BCUT2D eigenvalue weighted by molar-refractivity contribution is 0.111. The Labute approximate surface area is 144 Å². The number of rotatable bonds is 2. The predicted octanol–water partition coefficient (Wildman–Crippen LogP) is 2.88. The van der Waals surface area contributed by atoms with Gasteiger partial charge in [0.1, 0.15) is 23.6 Å². The average Bonchev–Trinajstić information content (AvgIpc) is 2.96. The highest BCUT2D eigenvalue weighted by Gasteiger charge is 2.25. The maximum absolute atomic E-state index is 14.5. The molecule has 3 aromatic rings. The van der Waals surface area contributed by atoms with Gasteiger partial charge < -0.3 is 21.1 Å². The topological polar surface area (TPSA) is 103 Å². The van der Waals surface area contributed by atoms with E-state index in [0.29, 0.717) is 33.7 Å². The summed E-state index contributed by atoms with van der Waals surface area (Å²) in [5.74, 6) is -0.0767. The van der Waals surface area contributed by atoms with Crippen molar-refractivity contribution in [1.29, 1.82) is 0 Å². The van der Waals surface area contributed by atoms with E-state index in [9.17, 15) is 9.50 Å². The molecule has 25 heavy (non-hydrogen) atoms. The molecule has 0 radical (unpaired) electrons. The number of aromatic nitrogens is 3. The number of nitrogens with two attached hydrogens (primary N) is 2. The van der Waals surface area contributed by atoms with Gasteiger partial charge in [0.05, 0.1) is 11.5 Å². The molecule has 0 saturated heterocycles. The Bertz CT molecular complexity index is 931. The van der Waals surface area contributed by atoms with Crippen LogP contribution in [0.15, 0.2) is 30.7 Å². The number of benzene rings is 1. The summed E-state index contributed by atoms with van der Waals surface area (Å²) in [5.41, 5.74) is 13.9. The molecule has 1 aliphatic carbocycles. The maximum atomic E-state index is 14.5. The van der Waals surface area contributed by atoms with Crippen LogP contribution in [0.3, 0.4) is 0 Å². The fourth-order valence-corrected chi connectivity index (χ4v) is 3.68. The highest BCUT2D eigenvalue weighted by atomic mass is 19.1. The normalized spacial score (nSPS) is 20.9. The van der Waals surface area contributed by atoms with Gasteiger partial charge in [-0.05, 0) is 43.9 Å². The lowest BCUT2D eigenvalue weighted by Crippen LogP contribution is -2.20. The Morgan fingerprint density at radius 1 is 1.08 bits per heavy atom. The molecule has 0 amide bonds. The molecule has 1 aromatic carbocycles. The van der Waals surface area contributed by atoms with Crippen LogP contribution >= 0.6 is 0 Å². The lowest BCUT2D eigenvalue weighted by Gasteiger charge is -2.27. The summed E-state index contributed by atoms with van der Waals surface area (Å²) >= 11 is 0. The molecule has 2 heterocycles. The van der Waals surface area contributed by atoms with Crippen LogP contribution in [0, 0.1) is 5.82 Å². The van der Waals surface area contributed by atoms with Crippen molar-refractivity contribution in [3.05, 3.63) is 36.5 Å². The smallest absolute Gasteiger partial charge is 0.146 e. The Morgan fingerprint density at radius 3 is 2.56 bits per heavy atom. The number of anilines is 2. The fourth-order valence-electron chi connectivity index (χ4n) is 3.68. The Kier molecular flexibility index (Phi) is 3.80. The van der Waals surface area contributed by atoms with Crippen LogP contribution in [-0.2, 0) is 0 Å². The molecule has 6 nitrogen and oxygen atoms in total. The molecule has 7 heteroatoms. The summed E-state index contributed by atoms with van der Waals surface area (Å²) in [6, 6.07) is 4.82. The Morgan fingerprint density at radius 2 is 1.84 bits per heavy atom. The van der Waals surface area contributed by atoms with E-state index in [4.69, 9.17) is 11.5 Å². The van der Waals surface area contributed by atoms with Crippen molar-refractivity contribution in [1.82, 2.24) is 14.5 Å². The number of aliphatic hydroxyl groups excluding tert-OH is 1. The summed E-state index contributed by atoms with van der Waals surface area (Å²) in [4.78, 5) is 8.47. The van der Waals surface area contributed by atoms with Gasteiger partial charge in [0, 0.05) is 29.1 Å². The molecule has 0 unspecified atom stereocenters. The second kappa shape index (κ2) is 6.00. The first kappa shape index (κ1) is 15.8. The van der Waals surface area contributed by atoms with E-state index in [2.05, 4.69) is 9.97 Å². The van der Waals surface area contributed by atoms with Crippen LogP contribution < -0.4 is 11.5 Å². The number of hydrogen-bond acceptors (Lipinski definition) is 5. The first-order valence-corrected chi connectivity index (χ1v) is 8.39. The number of nitrogen functional groups attached to an aromatic ring is 2. The third-order valence-electron chi connectivity index (χ3n) is 4.98. The van der Waals surface area contributed by atoms with E-state index in [-0.39, 0.29) is 12.1 Å². The molecule has 5 N–H and O–H groups in total. The van der Waals surface area contributed by atoms with Gasteiger partial charge in [0.2, 0.25) is 0 Å². The standard InChI is InChI=1S/C18H20FN5O/c19-15-7-10(20)1-6-13(15)14-8-24(11-2-4-12(25)5-3-11)18-16(14)17(21)22-9-23-18/h1,6-9,11-12,25H,2-5,20H2,(H2,21,22,23). The summed E-state index contributed by atoms with van der Waals surface area (Å²) in [5, 5.41) is 10.4. The number of nitrogens with zero attached hydrogens (tertiary/aromatic N) is 3. The van der Waals surface area contributed by atoms with Crippen molar-refractivity contribution >= 4 is 22.5 Å². The molecule has 1 fully saturated rings. The molecule has 0 spiro atoms. The molecule has 2 aromatic heterocycles. The van der Waals surface area contributed by atoms with Gasteiger partial charge in [0.15, 0.2) is 0 Å². The van der Waals surface area contributed by atoms with Crippen LogP contribution in [0.1, 0.15) is 31.7 Å². The van der Waals surface area contributed by atoms with E-state index in [0.717, 1.165) is 25.7 Å². The molecule has 1 aliphatic rings. The second-order valence-corrected chi connectivity index (χ2v) is 6.61. The zero-order valence-electron chi connectivity index (χ0n) is 13.7. The minimum Gasteiger partial charge on any atom is -0.399 e. The quantitative estimate of drug-likeness (QED) is 0.622. The maximum Gasteiger partial charge on any atom is 0.146 e. The Balaban J connectivity index is 1.90. The number of aliphatic hydroxyl groups is 1. The van der Waals surface area contributed by atoms with E-state index in [1.165, 1.54) is 12.4 Å². The third-order valence-corrected chi connectivity index (χ3v) is 4.98. The van der Waals surface area contributed by atoms with Gasteiger partial charge >= 0.3 is 0 Å². The van der Waals surface area contributed by atoms with Gasteiger partial charge in [0.25, 0.3) is 0 Å². The van der Waals surface area contributed by atoms with Gasteiger partial charge in [-0.15, -0.1) is 0 Å². The molecular weight excluding hydrogens is 321 g/mol. The second-order valence-electron chi connectivity index (χ2n) is 6.61. The van der Waals surface area contributed by atoms with E-state index in [1.807, 2.05) is 10.8 Å². The highest BCUT2D eigenvalue weighted by molar-refractivity contribution is 6.00. The summed E-state index contributed by atoms with van der Waals surface area (Å²) < 4.78 is 16.5. The van der Waals surface area contributed by atoms with Gasteiger partial charge in [-0.3, -0.25) is 0 Å². The largest absolute Gasteiger partial charge is 0.399 e. The lowest BCUT2D eigenvalue weighted by atomic mass is 9.93. The first-order valence-electron chi connectivity index (χ1n) is 8.39. The number of hydrogen-bond donors (Lipinski definition) is 3. The molecule has 0 bridgehead atoms. The average molecular weight is 341 g/mol. The monoisotopic (exact) mass is 341 g/mol. The number of halogens is 1.